The largest absolute Gasteiger partial charge is 0.296 e. The molecule has 1 aliphatic carbocycles. The Kier molecular flexibility index (Phi) is 3.20. The van der Waals surface area contributed by atoms with Gasteiger partial charge in [0.1, 0.15) is 0 Å². The first-order chi connectivity index (χ1) is 8.81. The van der Waals surface area contributed by atoms with E-state index in [0.29, 0.717) is 18.9 Å². The van der Waals surface area contributed by atoms with Gasteiger partial charge >= 0.3 is 0 Å². The fraction of sp³-hybridized carbons (Fsp3) is 0.333. The zero-order chi connectivity index (χ0) is 14.2. The number of nitrogens with one attached hydrogen (secondary N) is 1. The van der Waals surface area contributed by atoms with Crippen LogP contribution < -0.4 is 4.72 Å². The molecule has 0 aliphatic heterocycles. The lowest BCUT2D eigenvalue weighted by atomic mass is 10.3. The first-order valence-electron chi connectivity index (χ1n) is 5.26. The van der Waals surface area contributed by atoms with Crippen molar-refractivity contribution in [3.05, 3.63) is 38.4 Å². The molecule has 10 heteroatoms. The number of sulfonamides is 1. The summed E-state index contributed by atoms with van der Waals surface area (Å²) in [5.74, 6) is 0. The van der Waals surface area contributed by atoms with Crippen molar-refractivity contribution < 1.29 is 18.3 Å². The molecule has 0 radical (unpaired) electrons. The van der Waals surface area contributed by atoms with Crippen LogP contribution in [0.15, 0.2) is 23.1 Å². The summed E-state index contributed by atoms with van der Waals surface area (Å²) < 4.78 is 26.1. The zero-order valence-electron chi connectivity index (χ0n) is 9.48. The van der Waals surface area contributed by atoms with Gasteiger partial charge in [-0.15, -0.1) is 0 Å². The molecular weight excluding hydrogens is 278 g/mol. The molecule has 0 unspecified atom stereocenters. The number of nitro groups is 2. The SMILES string of the molecule is O=[N+]([O-])c1ccc(S(=O)(=O)NC2CC2)c([N+](=O)[O-])c1. The van der Waals surface area contributed by atoms with Gasteiger partial charge in [-0.2, -0.15) is 0 Å². The predicted molar refractivity (Wildman–Crippen MR) is 63.1 cm³/mol. The van der Waals surface area contributed by atoms with Crippen molar-refractivity contribution in [2.45, 2.75) is 23.8 Å². The summed E-state index contributed by atoms with van der Waals surface area (Å²) in [6, 6.07) is 2.23. The normalized spacial score (nSPS) is 15.2. The van der Waals surface area contributed by atoms with Crippen LogP contribution in [0.4, 0.5) is 11.4 Å². The third-order valence-corrected chi connectivity index (χ3v) is 4.11. The molecule has 0 aromatic heterocycles. The summed E-state index contributed by atoms with van der Waals surface area (Å²) >= 11 is 0. The van der Waals surface area contributed by atoms with E-state index < -0.39 is 36.1 Å². The first kappa shape index (κ1) is 13.4. The van der Waals surface area contributed by atoms with Crippen LogP contribution in [0.5, 0.6) is 0 Å². The fourth-order valence-electron chi connectivity index (χ4n) is 1.47. The molecule has 1 aromatic rings. The minimum Gasteiger partial charge on any atom is -0.258 e. The molecule has 1 saturated carbocycles. The van der Waals surface area contributed by atoms with E-state index in [-0.39, 0.29) is 6.04 Å². The lowest BCUT2D eigenvalue weighted by molar-refractivity contribution is -0.396. The maximum Gasteiger partial charge on any atom is 0.296 e. The highest BCUT2D eigenvalue weighted by Crippen LogP contribution is 2.30. The summed E-state index contributed by atoms with van der Waals surface area (Å²) in [6.45, 7) is 0. The van der Waals surface area contributed by atoms with Gasteiger partial charge in [0.2, 0.25) is 10.0 Å². The second-order valence-corrected chi connectivity index (χ2v) is 5.74. The standard InChI is InChI=1S/C9H9N3O6S/c13-11(14)7-3-4-9(8(5-7)12(15)16)19(17,18)10-6-1-2-6/h3-6,10H,1-2H2. The Hall–Kier alpha value is -2.07. The smallest absolute Gasteiger partial charge is 0.258 e. The van der Waals surface area contributed by atoms with E-state index in [4.69, 9.17) is 0 Å². The Bertz CT molecular complexity index is 652. The fourth-order valence-corrected chi connectivity index (χ4v) is 2.93. The van der Waals surface area contributed by atoms with Gasteiger partial charge < -0.3 is 0 Å². The molecule has 2 rings (SSSR count). The lowest BCUT2D eigenvalue weighted by Crippen LogP contribution is -2.26. The van der Waals surface area contributed by atoms with Crippen LogP contribution in [-0.2, 0) is 10.0 Å². The van der Waals surface area contributed by atoms with Crippen LogP contribution in [-0.4, -0.2) is 24.3 Å². The Morgan fingerprint density at radius 2 is 1.79 bits per heavy atom. The average molecular weight is 287 g/mol. The third-order valence-electron chi connectivity index (χ3n) is 2.54. The van der Waals surface area contributed by atoms with Crippen LogP contribution in [0.25, 0.3) is 0 Å². The molecule has 0 atom stereocenters. The average Bonchev–Trinajstić information content (AvgIpc) is 3.11. The van der Waals surface area contributed by atoms with Crippen LogP contribution in [0.1, 0.15) is 12.8 Å². The predicted octanol–water partition coefficient (Wildman–Crippen LogP) is 0.944. The summed E-state index contributed by atoms with van der Waals surface area (Å²) in [4.78, 5) is 19.0. The van der Waals surface area contributed by atoms with Crippen molar-refractivity contribution in [2.24, 2.45) is 0 Å². The van der Waals surface area contributed by atoms with Gasteiger partial charge in [0.25, 0.3) is 11.4 Å². The maximum absolute atomic E-state index is 11.9. The van der Waals surface area contributed by atoms with Gasteiger partial charge in [0, 0.05) is 12.1 Å². The second-order valence-electron chi connectivity index (χ2n) is 4.06. The Labute approximate surface area is 107 Å². The van der Waals surface area contributed by atoms with Crippen molar-refractivity contribution in [1.29, 1.82) is 0 Å². The number of benzene rings is 1. The highest BCUT2D eigenvalue weighted by molar-refractivity contribution is 7.89. The van der Waals surface area contributed by atoms with E-state index in [1.165, 1.54) is 0 Å². The molecule has 1 aliphatic rings. The first-order valence-corrected chi connectivity index (χ1v) is 6.75. The van der Waals surface area contributed by atoms with Gasteiger partial charge in [-0.3, -0.25) is 20.2 Å². The molecule has 0 spiro atoms. The Balaban J connectivity index is 2.49. The molecule has 1 N–H and O–H groups in total. The van der Waals surface area contributed by atoms with Gasteiger partial charge in [-0.05, 0) is 18.9 Å². The molecule has 0 heterocycles. The monoisotopic (exact) mass is 287 g/mol. The van der Waals surface area contributed by atoms with Crippen molar-refractivity contribution in [3.63, 3.8) is 0 Å². The lowest BCUT2D eigenvalue weighted by Gasteiger charge is -2.05. The summed E-state index contributed by atoms with van der Waals surface area (Å²) in [7, 11) is -4.03. The van der Waals surface area contributed by atoms with Crippen molar-refractivity contribution in [1.82, 2.24) is 4.72 Å². The highest BCUT2D eigenvalue weighted by atomic mass is 32.2. The molecule has 19 heavy (non-hydrogen) atoms. The Morgan fingerprint density at radius 1 is 1.16 bits per heavy atom. The molecule has 0 amide bonds. The summed E-state index contributed by atoms with van der Waals surface area (Å²) in [5, 5.41) is 21.4. The molecule has 1 aromatic carbocycles. The van der Waals surface area contributed by atoms with Crippen LogP contribution in [0, 0.1) is 20.2 Å². The van der Waals surface area contributed by atoms with Crippen molar-refractivity contribution in [3.8, 4) is 0 Å². The topological polar surface area (TPSA) is 132 Å². The van der Waals surface area contributed by atoms with E-state index in [0.717, 1.165) is 12.1 Å². The summed E-state index contributed by atoms with van der Waals surface area (Å²) in [5.41, 5.74) is -1.33. The van der Waals surface area contributed by atoms with E-state index >= 15 is 0 Å². The quantitative estimate of drug-likeness (QED) is 0.633. The van der Waals surface area contributed by atoms with E-state index in [2.05, 4.69) is 4.72 Å². The molecular formula is C9H9N3O6S. The van der Waals surface area contributed by atoms with Gasteiger partial charge in [-0.25, -0.2) is 13.1 Å². The minimum absolute atomic E-state index is 0.209. The van der Waals surface area contributed by atoms with Gasteiger partial charge in [0.15, 0.2) is 4.90 Å². The maximum atomic E-state index is 11.9. The molecule has 1 fully saturated rings. The molecule has 0 bridgehead atoms. The van der Waals surface area contributed by atoms with E-state index in [1.54, 1.807) is 0 Å². The number of hydrogen-bond acceptors (Lipinski definition) is 6. The minimum atomic E-state index is -4.03. The van der Waals surface area contributed by atoms with Crippen LogP contribution in [0.2, 0.25) is 0 Å². The molecule has 9 nitrogen and oxygen atoms in total. The van der Waals surface area contributed by atoms with Crippen LogP contribution >= 0.6 is 0 Å². The number of non-ortho nitro benzene ring substituents is 1. The van der Waals surface area contributed by atoms with Crippen molar-refractivity contribution >= 4 is 21.4 Å². The molecule has 102 valence electrons. The van der Waals surface area contributed by atoms with Gasteiger partial charge in [0.05, 0.1) is 15.9 Å². The van der Waals surface area contributed by atoms with Crippen molar-refractivity contribution in [2.75, 3.05) is 0 Å². The number of nitrogens with zero attached hydrogens (tertiary/aromatic N) is 2. The Morgan fingerprint density at radius 3 is 2.26 bits per heavy atom. The molecule has 0 saturated heterocycles. The van der Waals surface area contributed by atoms with E-state index in [1.807, 2.05) is 0 Å². The van der Waals surface area contributed by atoms with Gasteiger partial charge in [-0.1, -0.05) is 0 Å². The highest BCUT2D eigenvalue weighted by Gasteiger charge is 2.33. The number of hydrogen-bond donors (Lipinski definition) is 1. The third kappa shape index (κ3) is 2.85. The van der Waals surface area contributed by atoms with E-state index in [9.17, 15) is 28.6 Å². The summed E-state index contributed by atoms with van der Waals surface area (Å²) in [6.07, 6.45) is 1.36. The van der Waals surface area contributed by atoms with Crippen LogP contribution in [0.3, 0.4) is 0 Å². The zero-order valence-corrected chi connectivity index (χ0v) is 10.3. The number of rotatable bonds is 5. The number of nitro benzene ring substituents is 2. The second kappa shape index (κ2) is 4.55.